The van der Waals surface area contributed by atoms with E-state index < -0.39 is 23.8 Å². The van der Waals surface area contributed by atoms with Gasteiger partial charge >= 0.3 is 17.6 Å². The van der Waals surface area contributed by atoms with Crippen LogP contribution in [0.2, 0.25) is 0 Å². The zero-order valence-corrected chi connectivity index (χ0v) is 37.0. The van der Waals surface area contributed by atoms with Crippen LogP contribution in [0, 0.1) is 11.8 Å². The van der Waals surface area contributed by atoms with Gasteiger partial charge in [0.15, 0.2) is 12.2 Å². The highest BCUT2D eigenvalue weighted by molar-refractivity contribution is 5.90. The molecular formula is C55H60O7. The van der Waals surface area contributed by atoms with Crippen molar-refractivity contribution in [3.8, 4) is 5.75 Å². The summed E-state index contributed by atoms with van der Waals surface area (Å²) < 4.78 is 27.0. The third-order valence-corrected chi connectivity index (χ3v) is 14.6. The number of esters is 2. The molecule has 0 saturated heterocycles. The zero-order chi connectivity index (χ0) is 43.2. The summed E-state index contributed by atoms with van der Waals surface area (Å²) in [5.41, 5.74) is 8.29. The first-order valence-corrected chi connectivity index (χ1v) is 22.9. The molecule has 4 atom stereocenters. The van der Waals surface area contributed by atoms with Gasteiger partial charge in [-0.1, -0.05) is 111 Å². The SMILES string of the molecule is CC(C)=C1CCc2ccc(cc2)CC(CCc2cccc(Cc3ccccc3)c2)CC(=O)OC2c3c(ccc4c5c(c(=O)oc34)C(C)(C)CC5)OC(C)(C3CCCC3)C2OC1=O. The van der Waals surface area contributed by atoms with Gasteiger partial charge in [0.25, 0.3) is 0 Å². The van der Waals surface area contributed by atoms with Gasteiger partial charge in [-0.3, -0.25) is 4.79 Å². The quantitative estimate of drug-likeness (QED) is 0.0956. The molecule has 4 unspecified atom stereocenters. The first kappa shape index (κ1) is 41.9. The number of carbonyl (C=O) groups is 2. The standard InChI is InChI=1S/C55H60O7/c1-34(2)42-25-24-35-18-20-38(21-19-35)32-40(23-22-37-14-11-15-39(31-37)30-36-12-7-6-8-13-36)33-46(56)59-50-47-45(62-55(5,41-16-9-10-17-41)51(50)61-52(42)57)27-26-44-43-28-29-54(3,4)48(43)53(58)60-49(44)47/h6-8,11-15,18-21,26-27,31,40-41,50-51H,9-10,16-17,22-25,28-30,32-33H2,1-5H3. The van der Waals surface area contributed by atoms with Crippen LogP contribution in [0.1, 0.15) is 137 Å². The van der Waals surface area contributed by atoms with E-state index >= 15 is 0 Å². The van der Waals surface area contributed by atoms with Crippen LogP contribution in [-0.4, -0.2) is 23.6 Å². The van der Waals surface area contributed by atoms with E-state index in [1.54, 1.807) is 0 Å². The predicted octanol–water partition coefficient (Wildman–Crippen LogP) is 11.6. The highest BCUT2D eigenvalue weighted by Gasteiger charge is 2.57. The molecule has 62 heavy (non-hydrogen) atoms. The highest BCUT2D eigenvalue weighted by atomic mass is 16.6. The second kappa shape index (κ2) is 17.0. The maximum absolute atomic E-state index is 14.8. The summed E-state index contributed by atoms with van der Waals surface area (Å²) in [5, 5.41) is 0.811. The molecule has 2 aliphatic carbocycles. The Bertz CT molecular complexity index is 2570. The molecule has 1 aromatic heterocycles. The molecule has 2 bridgehead atoms. The molecule has 10 rings (SSSR count). The average Bonchev–Trinajstić information content (AvgIpc) is 3.91. The van der Waals surface area contributed by atoms with E-state index in [4.69, 9.17) is 18.6 Å². The van der Waals surface area contributed by atoms with Crippen molar-refractivity contribution < 1.29 is 28.2 Å². The summed E-state index contributed by atoms with van der Waals surface area (Å²) in [5.74, 6) is -0.308. The smallest absolute Gasteiger partial charge is 0.340 e. The molecule has 1 fully saturated rings. The zero-order valence-electron chi connectivity index (χ0n) is 37.0. The summed E-state index contributed by atoms with van der Waals surface area (Å²) in [6, 6.07) is 31.8. The lowest BCUT2D eigenvalue weighted by atomic mass is 9.76. The van der Waals surface area contributed by atoms with Gasteiger partial charge in [0, 0.05) is 28.9 Å². The largest absolute Gasteiger partial charge is 0.483 e. The molecule has 0 radical (unpaired) electrons. The number of hydrogen-bond donors (Lipinski definition) is 0. The van der Waals surface area contributed by atoms with E-state index in [1.165, 1.54) is 16.7 Å². The van der Waals surface area contributed by atoms with Crippen molar-refractivity contribution >= 4 is 22.9 Å². The normalized spacial score (nSPS) is 23.9. The fourth-order valence-electron chi connectivity index (χ4n) is 11.0. The Balaban J connectivity index is 1.12. The predicted molar refractivity (Wildman–Crippen MR) is 242 cm³/mol. The number of fused-ring (bicyclic) bond motifs is 15. The van der Waals surface area contributed by atoms with Crippen molar-refractivity contribution in [3.05, 3.63) is 157 Å². The first-order chi connectivity index (χ1) is 29.9. The van der Waals surface area contributed by atoms with Crippen LogP contribution < -0.4 is 10.4 Å². The molecule has 7 heteroatoms. The number of rotatable bonds is 6. The summed E-state index contributed by atoms with van der Waals surface area (Å²) >= 11 is 0. The number of allylic oxidation sites excluding steroid dienone is 1. The van der Waals surface area contributed by atoms with Crippen molar-refractivity contribution in [1.29, 1.82) is 0 Å². The highest BCUT2D eigenvalue weighted by Crippen LogP contribution is 2.53. The molecular weight excluding hydrogens is 773 g/mol. The van der Waals surface area contributed by atoms with Gasteiger partial charge in [0.2, 0.25) is 0 Å². The first-order valence-electron chi connectivity index (χ1n) is 22.9. The van der Waals surface area contributed by atoms with Crippen molar-refractivity contribution in [2.24, 2.45) is 11.8 Å². The van der Waals surface area contributed by atoms with E-state index in [9.17, 15) is 14.4 Å². The van der Waals surface area contributed by atoms with Crippen LogP contribution in [0.5, 0.6) is 5.75 Å². The lowest BCUT2D eigenvalue weighted by molar-refractivity contribution is -0.199. The van der Waals surface area contributed by atoms with Crippen LogP contribution >= 0.6 is 0 Å². The molecule has 4 aromatic carbocycles. The minimum absolute atomic E-state index is 0.0335. The third-order valence-electron chi connectivity index (χ3n) is 14.6. The number of benzene rings is 4. The third kappa shape index (κ3) is 8.27. The topological polar surface area (TPSA) is 92.0 Å². The van der Waals surface area contributed by atoms with Crippen molar-refractivity contribution in [2.75, 3.05) is 0 Å². The monoisotopic (exact) mass is 832 g/mol. The molecule has 322 valence electrons. The van der Waals surface area contributed by atoms with Gasteiger partial charge in [-0.25, -0.2) is 9.59 Å². The molecule has 0 amide bonds. The van der Waals surface area contributed by atoms with Crippen LogP contribution in [0.25, 0.3) is 11.0 Å². The van der Waals surface area contributed by atoms with Crippen molar-refractivity contribution in [2.45, 2.75) is 141 Å². The van der Waals surface area contributed by atoms with Crippen LogP contribution in [0.3, 0.4) is 0 Å². The van der Waals surface area contributed by atoms with E-state index in [1.807, 2.05) is 39.0 Å². The van der Waals surface area contributed by atoms with Crippen molar-refractivity contribution in [1.82, 2.24) is 0 Å². The van der Waals surface area contributed by atoms with Gasteiger partial charge in [0.1, 0.15) is 16.9 Å². The Morgan fingerprint density at radius 2 is 1.47 bits per heavy atom. The summed E-state index contributed by atoms with van der Waals surface area (Å²) in [6.45, 7) is 10.1. The Morgan fingerprint density at radius 3 is 2.23 bits per heavy atom. The maximum Gasteiger partial charge on any atom is 0.340 e. The summed E-state index contributed by atoms with van der Waals surface area (Å²) in [6.07, 6.45) is 7.84. The van der Waals surface area contributed by atoms with E-state index in [0.29, 0.717) is 47.3 Å². The van der Waals surface area contributed by atoms with Gasteiger partial charge in [-0.2, -0.15) is 0 Å². The molecule has 1 saturated carbocycles. The Hall–Kier alpha value is -5.43. The lowest BCUT2D eigenvalue weighted by Gasteiger charge is -2.48. The molecule has 5 aromatic rings. The fourth-order valence-corrected chi connectivity index (χ4v) is 11.0. The van der Waals surface area contributed by atoms with Crippen LogP contribution in [-0.2, 0) is 56.6 Å². The Labute approximate surface area is 365 Å². The maximum atomic E-state index is 14.8. The molecule has 0 spiro atoms. The minimum Gasteiger partial charge on any atom is -0.483 e. The van der Waals surface area contributed by atoms with Gasteiger partial charge in [-0.05, 0) is 142 Å². The fraction of sp³-hybridized carbons (Fsp3) is 0.436. The van der Waals surface area contributed by atoms with E-state index in [2.05, 4.69) is 86.6 Å². The van der Waals surface area contributed by atoms with Gasteiger partial charge in [0.05, 0.1) is 5.56 Å². The van der Waals surface area contributed by atoms with Crippen molar-refractivity contribution in [3.63, 3.8) is 0 Å². The molecule has 7 nitrogen and oxygen atoms in total. The van der Waals surface area contributed by atoms with Crippen LogP contribution in [0.15, 0.2) is 111 Å². The number of ether oxygens (including phenoxy) is 3. The molecule has 5 aliphatic rings. The Kier molecular flexibility index (Phi) is 11.5. The molecule has 3 aliphatic heterocycles. The van der Waals surface area contributed by atoms with Gasteiger partial charge in [-0.15, -0.1) is 0 Å². The molecule has 4 heterocycles. The second-order valence-corrected chi connectivity index (χ2v) is 19.6. The lowest BCUT2D eigenvalue weighted by Crippen LogP contribution is -2.58. The van der Waals surface area contributed by atoms with E-state index in [-0.39, 0.29) is 35.3 Å². The Morgan fingerprint density at radius 1 is 0.742 bits per heavy atom. The van der Waals surface area contributed by atoms with E-state index in [0.717, 1.165) is 85.4 Å². The minimum atomic E-state index is -1.07. The number of hydrogen-bond acceptors (Lipinski definition) is 7. The van der Waals surface area contributed by atoms with Crippen LogP contribution in [0.4, 0.5) is 0 Å². The number of carbonyl (C=O) groups excluding carboxylic acids is 2. The van der Waals surface area contributed by atoms with Gasteiger partial charge < -0.3 is 18.6 Å². The summed E-state index contributed by atoms with van der Waals surface area (Å²) in [4.78, 5) is 43.5. The molecule has 0 N–H and O–H groups in total. The summed E-state index contributed by atoms with van der Waals surface area (Å²) in [7, 11) is 0. The number of aryl methyl sites for hydroxylation is 3. The second-order valence-electron chi connectivity index (χ2n) is 19.6. The average molecular weight is 833 g/mol.